The van der Waals surface area contributed by atoms with Crippen molar-refractivity contribution in [2.45, 2.75) is 65.6 Å². The second kappa shape index (κ2) is 8.68. The average molecular weight is 359 g/mol. The molecule has 0 radical (unpaired) electrons. The summed E-state index contributed by atoms with van der Waals surface area (Å²) in [6.07, 6.45) is -1.56. The van der Waals surface area contributed by atoms with Crippen LogP contribution in [-0.4, -0.2) is 53.7 Å². The molecule has 0 aliphatic heterocycles. The monoisotopic (exact) mass is 359 g/mol. The molecule has 0 aromatic heterocycles. The average Bonchev–Trinajstić information content (AvgIpc) is 2.39. The molecule has 0 aliphatic carbocycles. The van der Waals surface area contributed by atoms with E-state index in [4.69, 9.17) is 9.84 Å². The number of alkyl carbamates (subject to hydrolysis) is 1. The minimum Gasteiger partial charge on any atom is -0.481 e. The number of likely N-dealkylation sites (N-methyl/N-ethyl adjacent to an activating group) is 1. The smallest absolute Gasteiger partial charge is 0.408 e. The highest BCUT2D eigenvalue weighted by Crippen LogP contribution is 2.19. The van der Waals surface area contributed by atoms with Gasteiger partial charge in [-0.2, -0.15) is 0 Å². The molecule has 0 unspecified atom stereocenters. The van der Waals surface area contributed by atoms with Gasteiger partial charge in [-0.25, -0.2) is 4.79 Å². The molecular weight excluding hydrogens is 330 g/mol. The molecule has 0 aliphatic rings. The van der Waals surface area contributed by atoms with Crippen LogP contribution in [0, 0.1) is 5.41 Å². The molecule has 0 aromatic rings. The van der Waals surface area contributed by atoms with Crippen molar-refractivity contribution in [2.24, 2.45) is 5.41 Å². The summed E-state index contributed by atoms with van der Waals surface area (Å²) >= 11 is 0. The quantitative estimate of drug-likeness (QED) is 0.550. The molecule has 0 bridgehead atoms. The van der Waals surface area contributed by atoms with E-state index in [1.165, 1.54) is 7.05 Å². The number of amides is 3. The minimum atomic E-state index is -1.37. The Kier molecular flexibility index (Phi) is 7.88. The van der Waals surface area contributed by atoms with Gasteiger partial charge in [0.25, 0.3) is 0 Å². The van der Waals surface area contributed by atoms with Crippen molar-refractivity contribution in [3.63, 3.8) is 0 Å². The summed E-state index contributed by atoms with van der Waals surface area (Å²) in [5.41, 5.74) is -1.42. The van der Waals surface area contributed by atoms with Crippen molar-refractivity contribution >= 4 is 23.9 Å². The SMILES string of the molecule is CNC(=O)[C@@H](NC(=O)[C@@H](CC(=O)O)NC(=O)OC(C)(C)C)C(C)(C)C. The van der Waals surface area contributed by atoms with E-state index in [1.54, 1.807) is 41.5 Å². The second-order valence-corrected chi connectivity index (χ2v) is 7.72. The van der Waals surface area contributed by atoms with E-state index in [0.29, 0.717) is 0 Å². The van der Waals surface area contributed by atoms with Gasteiger partial charge < -0.3 is 25.8 Å². The van der Waals surface area contributed by atoms with Gasteiger partial charge in [-0.3, -0.25) is 14.4 Å². The predicted octanol–water partition coefficient (Wildman–Crippen LogP) is 0.631. The first-order valence-electron chi connectivity index (χ1n) is 7.90. The summed E-state index contributed by atoms with van der Waals surface area (Å²) < 4.78 is 5.04. The first-order chi connectivity index (χ1) is 11.2. The summed E-state index contributed by atoms with van der Waals surface area (Å²) in [6.45, 7) is 10.2. The van der Waals surface area contributed by atoms with Crippen LogP contribution in [0.25, 0.3) is 0 Å². The Morgan fingerprint density at radius 3 is 1.84 bits per heavy atom. The number of rotatable bonds is 6. The van der Waals surface area contributed by atoms with Gasteiger partial charge in [0.2, 0.25) is 11.8 Å². The van der Waals surface area contributed by atoms with E-state index in [-0.39, 0.29) is 0 Å². The Hall–Kier alpha value is -2.32. The van der Waals surface area contributed by atoms with Crippen LogP contribution in [-0.2, 0) is 19.1 Å². The third-order valence-electron chi connectivity index (χ3n) is 3.05. The lowest BCUT2D eigenvalue weighted by atomic mass is 9.86. The molecule has 4 N–H and O–H groups in total. The number of carbonyl (C=O) groups is 4. The summed E-state index contributed by atoms with van der Waals surface area (Å²) in [6, 6.07) is -2.27. The van der Waals surface area contributed by atoms with E-state index in [1.807, 2.05) is 0 Å². The molecule has 25 heavy (non-hydrogen) atoms. The van der Waals surface area contributed by atoms with E-state index in [0.717, 1.165) is 0 Å². The molecule has 9 nitrogen and oxygen atoms in total. The highest BCUT2D eigenvalue weighted by Gasteiger charge is 2.35. The topological polar surface area (TPSA) is 134 Å². The number of hydrogen-bond acceptors (Lipinski definition) is 5. The van der Waals surface area contributed by atoms with Gasteiger partial charge in [-0.15, -0.1) is 0 Å². The largest absolute Gasteiger partial charge is 0.481 e. The van der Waals surface area contributed by atoms with E-state index in [9.17, 15) is 19.2 Å². The van der Waals surface area contributed by atoms with Gasteiger partial charge in [-0.05, 0) is 26.2 Å². The van der Waals surface area contributed by atoms with Crippen molar-refractivity contribution in [1.82, 2.24) is 16.0 Å². The Bertz CT molecular complexity index is 519. The lowest BCUT2D eigenvalue weighted by molar-refractivity contribution is -0.140. The Morgan fingerprint density at radius 1 is 0.960 bits per heavy atom. The predicted molar refractivity (Wildman–Crippen MR) is 90.9 cm³/mol. The normalized spacial score (nSPS) is 14.0. The fourth-order valence-electron chi connectivity index (χ4n) is 1.90. The number of aliphatic carboxylic acids is 1. The summed E-state index contributed by atoms with van der Waals surface area (Å²) in [4.78, 5) is 47.3. The van der Waals surface area contributed by atoms with Crippen molar-refractivity contribution in [2.75, 3.05) is 7.05 Å². The van der Waals surface area contributed by atoms with Gasteiger partial charge in [-0.1, -0.05) is 20.8 Å². The van der Waals surface area contributed by atoms with Gasteiger partial charge in [0.05, 0.1) is 6.42 Å². The van der Waals surface area contributed by atoms with Crippen LogP contribution in [0.15, 0.2) is 0 Å². The van der Waals surface area contributed by atoms with Crippen LogP contribution in [0.4, 0.5) is 4.79 Å². The lowest BCUT2D eigenvalue weighted by Gasteiger charge is -2.31. The number of hydrogen-bond donors (Lipinski definition) is 4. The molecule has 144 valence electrons. The molecule has 0 fully saturated rings. The number of carboxylic acids is 1. The maximum absolute atomic E-state index is 12.4. The van der Waals surface area contributed by atoms with Crippen LogP contribution < -0.4 is 16.0 Å². The van der Waals surface area contributed by atoms with Crippen LogP contribution in [0.1, 0.15) is 48.0 Å². The van der Waals surface area contributed by atoms with Gasteiger partial charge in [0.1, 0.15) is 17.7 Å². The zero-order valence-corrected chi connectivity index (χ0v) is 15.9. The molecule has 0 rings (SSSR count). The number of carbonyl (C=O) groups excluding carboxylic acids is 3. The zero-order valence-electron chi connectivity index (χ0n) is 15.9. The van der Waals surface area contributed by atoms with Gasteiger partial charge >= 0.3 is 12.1 Å². The van der Waals surface area contributed by atoms with Crippen molar-refractivity contribution < 1.29 is 29.0 Å². The number of nitrogens with one attached hydrogen (secondary N) is 3. The van der Waals surface area contributed by atoms with E-state index < -0.39 is 53.4 Å². The highest BCUT2D eigenvalue weighted by molar-refractivity contribution is 5.93. The summed E-state index contributed by atoms with van der Waals surface area (Å²) in [7, 11) is 1.43. The molecule has 0 saturated carbocycles. The van der Waals surface area contributed by atoms with Crippen LogP contribution in [0.3, 0.4) is 0 Å². The third kappa shape index (κ3) is 8.92. The maximum Gasteiger partial charge on any atom is 0.408 e. The first kappa shape index (κ1) is 22.7. The van der Waals surface area contributed by atoms with Crippen LogP contribution in [0.2, 0.25) is 0 Å². The molecule has 0 spiro atoms. The molecule has 3 amide bonds. The zero-order chi connectivity index (χ0) is 20.0. The fraction of sp³-hybridized carbons (Fsp3) is 0.750. The standard InChI is InChI=1S/C16H29N3O6/c1-15(2,3)11(13(23)17-7)19-12(22)9(8-10(20)21)18-14(24)25-16(4,5)6/h9,11H,8H2,1-7H3,(H,17,23)(H,18,24)(H,19,22)(H,20,21)/t9-,11-/m1/s1. The first-order valence-corrected chi connectivity index (χ1v) is 7.90. The number of ether oxygens (including phenoxy) is 1. The van der Waals surface area contributed by atoms with E-state index in [2.05, 4.69) is 16.0 Å². The number of carboxylic acid groups (broad SMARTS) is 1. The van der Waals surface area contributed by atoms with Crippen molar-refractivity contribution in [3.8, 4) is 0 Å². The third-order valence-corrected chi connectivity index (χ3v) is 3.05. The molecule has 9 heteroatoms. The molecular formula is C16H29N3O6. The van der Waals surface area contributed by atoms with Crippen molar-refractivity contribution in [3.05, 3.63) is 0 Å². The summed E-state index contributed by atoms with van der Waals surface area (Å²) in [5.74, 6) is -2.48. The van der Waals surface area contributed by atoms with Crippen LogP contribution >= 0.6 is 0 Å². The Labute approximate surface area is 147 Å². The minimum absolute atomic E-state index is 0.424. The summed E-state index contributed by atoms with van der Waals surface area (Å²) in [5, 5.41) is 16.2. The molecule has 2 atom stereocenters. The van der Waals surface area contributed by atoms with E-state index >= 15 is 0 Å². The van der Waals surface area contributed by atoms with Gasteiger partial charge in [0.15, 0.2) is 0 Å². The Balaban J connectivity index is 5.25. The molecule has 0 heterocycles. The lowest BCUT2D eigenvalue weighted by Crippen LogP contribution is -2.58. The fourth-order valence-corrected chi connectivity index (χ4v) is 1.90. The molecule has 0 saturated heterocycles. The Morgan fingerprint density at radius 2 is 1.48 bits per heavy atom. The molecule has 0 aromatic carbocycles. The maximum atomic E-state index is 12.4. The van der Waals surface area contributed by atoms with Crippen molar-refractivity contribution in [1.29, 1.82) is 0 Å². The van der Waals surface area contributed by atoms with Gasteiger partial charge in [0, 0.05) is 7.05 Å². The van der Waals surface area contributed by atoms with Crippen LogP contribution in [0.5, 0.6) is 0 Å². The second-order valence-electron chi connectivity index (χ2n) is 7.72. The highest BCUT2D eigenvalue weighted by atomic mass is 16.6.